The minimum atomic E-state index is 0. The number of allylic oxidation sites excluding steroid dienone is 4. The summed E-state index contributed by atoms with van der Waals surface area (Å²) in [7, 11) is 0. The monoisotopic (exact) mass is 583 g/mol. The third-order valence-electron chi connectivity index (χ3n) is 9.76. The van der Waals surface area contributed by atoms with Crippen LogP contribution in [0.2, 0.25) is 0 Å². The molecule has 0 spiro atoms. The normalized spacial score (nSPS) is 21.1. The molecule has 1 atom stereocenters. The van der Waals surface area contributed by atoms with E-state index in [1.165, 1.54) is 39.8 Å². The van der Waals surface area contributed by atoms with Crippen LogP contribution < -0.4 is 0 Å². The van der Waals surface area contributed by atoms with Crippen LogP contribution in [0.15, 0.2) is 47.1 Å². The summed E-state index contributed by atoms with van der Waals surface area (Å²) < 4.78 is 0. The van der Waals surface area contributed by atoms with Crippen LogP contribution in [0.3, 0.4) is 0 Å². The second-order valence-electron chi connectivity index (χ2n) is 15.4. The Kier molecular flexibility index (Phi) is 7.31. The maximum Gasteiger partial charge on any atom is 0.00346 e. The van der Waals surface area contributed by atoms with Crippen molar-refractivity contribution in [3.8, 4) is 11.1 Å². The van der Waals surface area contributed by atoms with Gasteiger partial charge in [0, 0.05) is 32.1 Å². The molecule has 0 nitrogen and oxygen atoms in total. The summed E-state index contributed by atoms with van der Waals surface area (Å²) in [5.41, 5.74) is 17.4. The van der Waals surface area contributed by atoms with E-state index in [1.807, 2.05) is 0 Å². The third kappa shape index (κ3) is 4.48. The molecule has 2 aromatic carbocycles. The number of aryl methyl sites for hydroxylation is 2. The zero-order valence-electron chi connectivity index (χ0n) is 26.2. The van der Waals surface area contributed by atoms with Crippen molar-refractivity contribution >= 4 is 0 Å². The Hall–Kier alpha value is -1.33. The molecule has 0 saturated carbocycles. The van der Waals surface area contributed by atoms with Gasteiger partial charge in [0.25, 0.3) is 0 Å². The van der Waals surface area contributed by atoms with Gasteiger partial charge in [-0.05, 0) is 81.0 Å². The van der Waals surface area contributed by atoms with Crippen molar-refractivity contribution in [3.05, 3.63) is 86.9 Å². The van der Waals surface area contributed by atoms with Crippen molar-refractivity contribution in [1.82, 2.24) is 0 Å². The van der Waals surface area contributed by atoms with E-state index in [-0.39, 0.29) is 47.9 Å². The fraction of sp³-hybridized carbons (Fsp3) is 0.541. The molecule has 0 amide bonds. The Morgan fingerprint density at radius 1 is 0.763 bits per heavy atom. The summed E-state index contributed by atoms with van der Waals surface area (Å²) in [6.45, 7) is 28.4. The van der Waals surface area contributed by atoms with Crippen LogP contribution >= 0.6 is 0 Å². The Bertz CT molecular complexity index is 1270. The van der Waals surface area contributed by atoms with Gasteiger partial charge in [0.1, 0.15) is 0 Å². The van der Waals surface area contributed by atoms with E-state index in [0.717, 1.165) is 12.8 Å². The van der Waals surface area contributed by atoms with Crippen molar-refractivity contribution in [2.45, 2.75) is 119 Å². The molecule has 5 rings (SSSR count). The van der Waals surface area contributed by atoms with Gasteiger partial charge in [-0.25, -0.2) is 12.0 Å². The number of fused-ring (bicyclic) bond motifs is 3. The summed E-state index contributed by atoms with van der Waals surface area (Å²) in [5, 5.41) is 0. The minimum Gasteiger partial charge on any atom is -0.227 e. The first-order valence-electron chi connectivity index (χ1n) is 14.6. The van der Waals surface area contributed by atoms with Crippen molar-refractivity contribution in [2.24, 2.45) is 10.8 Å². The molecule has 0 N–H and O–H groups in total. The largest absolute Gasteiger partial charge is 0.227 e. The summed E-state index contributed by atoms with van der Waals surface area (Å²) in [6.07, 6.45) is 8.67. The molecule has 0 aromatic heterocycles. The first-order chi connectivity index (χ1) is 17.0. The van der Waals surface area contributed by atoms with E-state index in [0.29, 0.717) is 5.92 Å². The Balaban J connectivity index is 0.00000336. The SMILES string of the molecule is CCC1(C2c3cc(C)c(C(C)(C)C)cc3-c3cc(C(C)(C)C)c(C)cc32)C[CH-]C2=C1C=C(C(C)(C)C)C2.[Zr]. The molecule has 0 bridgehead atoms. The molecule has 202 valence electrons. The smallest absolute Gasteiger partial charge is 0.00346 e. The second-order valence-corrected chi connectivity index (χ2v) is 15.4. The Labute approximate surface area is 252 Å². The summed E-state index contributed by atoms with van der Waals surface area (Å²) in [4.78, 5) is 0. The fourth-order valence-corrected chi connectivity index (χ4v) is 7.76. The quantitative estimate of drug-likeness (QED) is 0.308. The van der Waals surface area contributed by atoms with Gasteiger partial charge in [0.2, 0.25) is 0 Å². The molecule has 0 aliphatic heterocycles. The molecular weight excluding hydrogens is 536 g/mol. The molecule has 1 heteroatoms. The number of rotatable bonds is 2. The van der Waals surface area contributed by atoms with Crippen LogP contribution in [0.25, 0.3) is 11.1 Å². The predicted molar refractivity (Wildman–Crippen MR) is 161 cm³/mol. The molecule has 3 aliphatic rings. The zero-order chi connectivity index (χ0) is 27.3. The van der Waals surface area contributed by atoms with E-state index in [2.05, 4.69) is 120 Å². The summed E-state index contributed by atoms with van der Waals surface area (Å²) in [5.74, 6) is 0.405. The predicted octanol–water partition coefficient (Wildman–Crippen LogP) is 10.7. The maximum absolute atomic E-state index is 2.62. The fourth-order valence-electron chi connectivity index (χ4n) is 7.76. The van der Waals surface area contributed by atoms with E-state index < -0.39 is 0 Å². The van der Waals surface area contributed by atoms with Gasteiger partial charge in [-0.15, -0.1) is 12.5 Å². The van der Waals surface area contributed by atoms with Crippen LogP contribution in [0, 0.1) is 31.1 Å². The van der Waals surface area contributed by atoms with Gasteiger partial charge < -0.3 is 0 Å². The standard InChI is InChI=1S/C37H49.Zr/c1-13-37(15-14-24-18-25(19-32(24)37)34(4,5)6)33-28-16-22(2)30(35(7,8)9)20-26(28)27-21-31(36(10,11)12)23(3)17-29(27)33;/h14,16-17,19-21,33H,13,15,18H2,1-12H3;/q-1;. The van der Waals surface area contributed by atoms with Gasteiger partial charge in [-0.3, -0.25) is 0 Å². The van der Waals surface area contributed by atoms with Crippen LogP contribution in [-0.4, -0.2) is 0 Å². The van der Waals surface area contributed by atoms with E-state index in [9.17, 15) is 0 Å². The van der Waals surface area contributed by atoms with E-state index in [4.69, 9.17) is 0 Å². The number of hydrogen-bond acceptors (Lipinski definition) is 0. The third-order valence-corrected chi connectivity index (χ3v) is 9.76. The second kappa shape index (κ2) is 9.36. The van der Waals surface area contributed by atoms with Crippen LogP contribution in [-0.2, 0) is 37.0 Å². The van der Waals surface area contributed by atoms with Crippen LogP contribution in [0.5, 0.6) is 0 Å². The van der Waals surface area contributed by atoms with E-state index >= 15 is 0 Å². The van der Waals surface area contributed by atoms with Gasteiger partial charge >= 0.3 is 0 Å². The van der Waals surface area contributed by atoms with Crippen LogP contribution in [0.1, 0.15) is 128 Å². The van der Waals surface area contributed by atoms with E-state index in [1.54, 1.807) is 27.8 Å². The molecule has 2 aromatic rings. The van der Waals surface area contributed by atoms with Gasteiger partial charge in [-0.1, -0.05) is 111 Å². The zero-order valence-corrected chi connectivity index (χ0v) is 28.6. The Morgan fingerprint density at radius 3 is 1.63 bits per heavy atom. The molecule has 0 heterocycles. The molecule has 0 radical (unpaired) electrons. The molecule has 0 saturated heterocycles. The number of hydrogen-bond donors (Lipinski definition) is 0. The van der Waals surface area contributed by atoms with Crippen molar-refractivity contribution in [2.75, 3.05) is 0 Å². The van der Waals surface area contributed by atoms with Gasteiger partial charge in [-0.2, -0.15) is 5.57 Å². The number of benzene rings is 2. The van der Waals surface area contributed by atoms with Crippen LogP contribution in [0.4, 0.5) is 0 Å². The van der Waals surface area contributed by atoms with Crippen molar-refractivity contribution in [1.29, 1.82) is 0 Å². The van der Waals surface area contributed by atoms with Crippen molar-refractivity contribution < 1.29 is 26.2 Å². The summed E-state index contributed by atoms with van der Waals surface area (Å²) in [6, 6.07) is 10.3. The first-order valence-corrected chi connectivity index (χ1v) is 14.6. The summed E-state index contributed by atoms with van der Waals surface area (Å²) >= 11 is 0. The molecule has 0 fully saturated rings. The molecule has 1 unspecified atom stereocenters. The Morgan fingerprint density at radius 2 is 1.24 bits per heavy atom. The molecule has 3 aliphatic carbocycles. The maximum atomic E-state index is 2.62. The minimum absolute atomic E-state index is 0. The van der Waals surface area contributed by atoms with Gasteiger partial charge in [0.15, 0.2) is 0 Å². The van der Waals surface area contributed by atoms with Crippen molar-refractivity contribution in [3.63, 3.8) is 0 Å². The molecular formula is C37H49Zr-. The molecule has 38 heavy (non-hydrogen) atoms. The topological polar surface area (TPSA) is 0 Å². The first kappa shape index (κ1) is 29.7. The average Bonchev–Trinajstić information content (AvgIpc) is 3.41. The van der Waals surface area contributed by atoms with Gasteiger partial charge in [0.05, 0.1) is 0 Å². The average molecular weight is 585 g/mol.